The van der Waals surface area contributed by atoms with E-state index >= 15 is 0 Å². The highest BCUT2D eigenvalue weighted by Gasteiger charge is 2.28. The second kappa shape index (κ2) is 9.66. The molecule has 1 atom stereocenters. The van der Waals surface area contributed by atoms with Crippen LogP contribution in [0.2, 0.25) is 0 Å². The zero-order valence-electron chi connectivity index (χ0n) is 18.5. The Balaban J connectivity index is 1.35. The molecular formula is C26H24N6O2. The molecule has 8 heteroatoms. The maximum absolute atomic E-state index is 13.3. The lowest BCUT2D eigenvalue weighted by atomic mass is 10.0. The van der Waals surface area contributed by atoms with Gasteiger partial charge in [-0.05, 0) is 53.1 Å². The van der Waals surface area contributed by atoms with Crippen LogP contribution >= 0.6 is 0 Å². The molecule has 1 aliphatic carbocycles. The molecule has 0 bridgehead atoms. The fraction of sp³-hybridized carbons (Fsp3) is 0.192. The lowest BCUT2D eigenvalue weighted by molar-refractivity contribution is -0.118. The minimum atomic E-state index is -0.754. The number of tetrazole rings is 1. The lowest BCUT2D eigenvalue weighted by Crippen LogP contribution is -2.45. The van der Waals surface area contributed by atoms with E-state index in [0.29, 0.717) is 29.5 Å². The molecule has 1 heterocycles. The molecule has 1 aromatic heterocycles. The van der Waals surface area contributed by atoms with Crippen LogP contribution in [0, 0.1) is 0 Å². The highest BCUT2D eigenvalue weighted by molar-refractivity contribution is 6.01. The van der Waals surface area contributed by atoms with Crippen molar-refractivity contribution in [2.45, 2.75) is 31.3 Å². The molecule has 1 unspecified atom stereocenters. The van der Waals surface area contributed by atoms with Gasteiger partial charge in [-0.25, -0.2) is 4.68 Å². The predicted octanol–water partition coefficient (Wildman–Crippen LogP) is 3.65. The van der Waals surface area contributed by atoms with Crippen molar-refractivity contribution in [3.05, 3.63) is 96.1 Å². The average Bonchev–Trinajstić information content (AvgIpc) is 3.60. The molecule has 0 aliphatic heterocycles. The van der Waals surface area contributed by atoms with Crippen molar-refractivity contribution >= 4 is 17.5 Å². The van der Waals surface area contributed by atoms with Gasteiger partial charge in [-0.2, -0.15) is 0 Å². The van der Waals surface area contributed by atoms with E-state index in [9.17, 15) is 9.59 Å². The summed E-state index contributed by atoms with van der Waals surface area (Å²) < 4.78 is 1.83. The Morgan fingerprint density at radius 3 is 2.41 bits per heavy atom. The molecule has 0 radical (unpaired) electrons. The van der Waals surface area contributed by atoms with Gasteiger partial charge in [0.2, 0.25) is 5.91 Å². The number of aromatic nitrogens is 4. The number of nitrogens with one attached hydrogen (secondary N) is 2. The predicted molar refractivity (Wildman–Crippen MR) is 128 cm³/mol. The Kier molecular flexibility index (Phi) is 6.11. The summed E-state index contributed by atoms with van der Waals surface area (Å²) in [6, 6.07) is 25.5. The first kappa shape index (κ1) is 21.5. The van der Waals surface area contributed by atoms with E-state index in [4.69, 9.17) is 0 Å². The molecule has 0 saturated heterocycles. The molecule has 0 spiro atoms. The summed E-state index contributed by atoms with van der Waals surface area (Å²) in [5, 5.41) is 17.9. The normalized spacial score (nSPS) is 13.8. The minimum Gasteiger partial charge on any atom is -0.340 e. The van der Waals surface area contributed by atoms with Crippen LogP contribution in [0.1, 0.15) is 34.8 Å². The molecular weight excluding hydrogens is 428 g/mol. The van der Waals surface area contributed by atoms with E-state index in [1.807, 2.05) is 65.3 Å². The van der Waals surface area contributed by atoms with Crippen molar-refractivity contribution in [1.82, 2.24) is 25.5 Å². The number of benzene rings is 3. The first-order valence-corrected chi connectivity index (χ1v) is 11.3. The summed E-state index contributed by atoms with van der Waals surface area (Å²) >= 11 is 0. The monoisotopic (exact) mass is 452 g/mol. The van der Waals surface area contributed by atoms with E-state index in [-0.39, 0.29) is 11.8 Å². The van der Waals surface area contributed by atoms with E-state index in [0.717, 1.165) is 24.0 Å². The molecule has 2 amide bonds. The molecule has 3 aromatic carbocycles. The van der Waals surface area contributed by atoms with Crippen molar-refractivity contribution in [2.24, 2.45) is 0 Å². The number of nitrogens with zero attached hydrogens (tertiary/aromatic N) is 4. The molecule has 1 aliphatic rings. The molecule has 34 heavy (non-hydrogen) atoms. The number of anilines is 1. The Labute approximate surface area is 197 Å². The highest BCUT2D eigenvalue weighted by Crippen LogP contribution is 2.36. The quantitative estimate of drug-likeness (QED) is 0.425. The van der Waals surface area contributed by atoms with E-state index in [1.54, 1.807) is 24.3 Å². The number of carbonyl (C=O) groups is 2. The number of carbonyl (C=O) groups excluding carboxylic acids is 2. The Hall–Kier alpha value is -4.33. The number of amides is 2. The zero-order chi connectivity index (χ0) is 23.3. The molecule has 4 aromatic rings. The standard InChI is InChI=1S/C26H24N6O2/c33-25(19-10-5-2-6-11-19)28-23(16-18-8-3-1-4-9-18)26(34)27-21-13-7-12-20(17-21)24-29-30-31-32(24)22-14-15-22/h1-13,17,22-23H,14-16H2,(H,27,34)(H,28,33). The molecule has 5 rings (SSSR count). The van der Waals surface area contributed by atoms with Crippen LogP contribution in [-0.2, 0) is 11.2 Å². The number of hydrogen-bond acceptors (Lipinski definition) is 5. The van der Waals surface area contributed by atoms with Crippen molar-refractivity contribution in [3.8, 4) is 11.4 Å². The van der Waals surface area contributed by atoms with Crippen molar-refractivity contribution in [1.29, 1.82) is 0 Å². The van der Waals surface area contributed by atoms with Gasteiger partial charge < -0.3 is 10.6 Å². The van der Waals surface area contributed by atoms with Gasteiger partial charge in [0.05, 0.1) is 6.04 Å². The summed E-state index contributed by atoms with van der Waals surface area (Å²) in [6.45, 7) is 0. The van der Waals surface area contributed by atoms with Crippen LogP contribution in [0.15, 0.2) is 84.9 Å². The van der Waals surface area contributed by atoms with Crippen LogP contribution in [0.4, 0.5) is 5.69 Å². The second-order valence-corrected chi connectivity index (χ2v) is 8.33. The lowest BCUT2D eigenvalue weighted by Gasteiger charge is -2.19. The van der Waals surface area contributed by atoms with Crippen molar-refractivity contribution < 1.29 is 9.59 Å². The van der Waals surface area contributed by atoms with Gasteiger partial charge in [0, 0.05) is 23.2 Å². The fourth-order valence-electron chi connectivity index (χ4n) is 3.80. The largest absolute Gasteiger partial charge is 0.340 e. The smallest absolute Gasteiger partial charge is 0.251 e. The molecule has 2 N–H and O–H groups in total. The summed E-state index contributed by atoms with van der Waals surface area (Å²) in [4.78, 5) is 26.1. The topological polar surface area (TPSA) is 102 Å². The highest BCUT2D eigenvalue weighted by atomic mass is 16.2. The van der Waals surface area contributed by atoms with Gasteiger partial charge in [0.1, 0.15) is 6.04 Å². The molecule has 170 valence electrons. The van der Waals surface area contributed by atoms with Gasteiger partial charge in [0.15, 0.2) is 5.82 Å². The van der Waals surface area contributed by atoms with E-state index < -0.39 is 6.04 Å². The maximum atomic E-state index is 13.3. The Bertz CT molecular complexity index is 1280. The molecule has 8 nitrogen and oxygen atoms in total. The maximum Gasteiger partial charge on any atom is 0.251 e. The van der Waals surface area contributed by atoms with Gasteiger partial charge in [0.25, 0.3) is 5.91 Å². The van der Waals surface area contributed by atoms with Crippen LogP contribution in [0.25, 0.3) is 11.4 Å². The summed E-state index contributed by atoms with van der Waals surface area (Å²) in [5.41, 5.74) is 2.89. The fourth-order valence-corrected chi connectivity index (χ4v) is 3.80. The summed E-state index contributed by atoms with van der Waals surface area (Å²) in [5.74, 6) is 0.0814. The van der Waals surface area contributed by atoms with Crippen LogP contribution in [0.3, 0.4) is 0 Å². The van der Waals surface area contributed by atoms with E-state index in [1.165, 1.54) is 0 Å². The van der Waals surface area contributed by atoms with Gasteiger partial charge in [-0.15, -0.1) is 5.10 Å². The zero-order valence-corrected chi connectivity index (χ0v) is 18.5. The molecule has 1 saturated carbocycles. The SMILES string of the molecule is O=C(NC(Cc1ccccc1)C(=O)Nc1cccc(-c2nnnn2C2CC2)c1)c1ccccc1. The van der Waals surface area contributed by atoms with Crippen LogP contribution in [0.5, 0.6) is 0 Å². The summed E-state index contributed by atoms with van der Waals surface area (Å²) in [7, 11) is 0. The van der Waals surface area contributed by atoms with Crippen molar-refractivity contribution in [2.75, 3.05) is 5.32 Å². The molecule has 1 fully saturated rings. The first-order chi connectivity index (χ1) is 16.7. The number of hydrogen-bond donors (Lipinski definition) is 2. The third-order valence-electron chi connectivity index (χ3n) is 5.71. The van der Waals surface area contributed by atoms with Crippen LogP contribution in [-0.4, -0.2) is 38.1 Å². The average molecular weight is 453 g/mol. The minimum absolute atomic E-state index is 0.297. The number of rotatable bonds is 8. The third-order valence-corrected chi connectivity index (χ3v) is 5.71. The van der Waals surface area contributed by atoms with Gasteiger partial charge >= 0.3 is 0 Å². The van der Waals surface area contributed by atoms with Crippen molar-refractivity contribution in [3.63, 3.8) is 0 Å². The van der Waals surface area contributed by atoms with E-state index in [2.05, 4.69) is 26.2 Å². The van der Waals surface area contributed by atoms with Gasteiger partial charge in [-0.1, -0.05) is 60.7 Å². The second-order valence-electron chi connectivity index (χ2n) is 8.33. The summed E-state index contributed by atoms with van der Waals surface area (Å²) in [6.07, 6.45) is 2.50. The third kappa shape index (κ3) is 5.01. The first-order valence-electron chi connectivity index (χ1n) is 11.3. The van der Waals surface area contributed by atoms with Gasteiger partial charge in [-0.3, -0.25) is 9.59 Å². The van der Waals surface area contributed by atoms with Crippen LogP contribution < -0.4 is 10.6 Å². The Morgan fingerprint density at radius 1 is 0.941 bits per heavy atom. The Morgan fingerprint density at radius 2 is 1.68 bits per heavy atom.